The molecule has 0 bridgehead atoms. The number of benzene rings is 1. The predicted molar refractivity (Wildman–Crippen MR) is 51.0 cm³/mol. The van der Waals surface area contributed by atoms with E-state index in [4.69, 9.17) is 22.4 Å². The van der Waals surface area contributed by atoms with Crippen LogP contribution in [0, 0.1) is 0 Å². The lowest BCUT2D eigenvalue weighted by Crippen LogP contribution is -2.06. The molecule has 0 aliphatic carbocycles. The van der Waals surface area contributed by atoms with Crippen LogP contribution < -0.4 is 5.73 Å². The molecule has 0 saturated carbocycles. The summed E-state index contributed by atoms with van der Waals surface area (Å²) in [4.78, 5) is 10.5. The monoisotopic (exact) mass is 199 g/mol. The van der Waals surface area contributed by atoms with E-state index in [-0.39, 0.29) is 11.6 Å². The third kappa shape index (κ3) is 2.20. The van der Waals surface area contributed by atoms with Crippen LogP contribution in [-0.2, 0) is 0 Å². The third-order valence-electron chi connectivity index (χ3n) is 1.74. The number of hydrogen-bond donors (Lipinski definition) is 2. The first kappa shape index (κ1) is 10.0. The van der Waals surface area contributed by atoms with Gasteiger partial charge in [0.1, 0.15) is 0 Å². The van der Waals surface area contributed by atoms with Crippen LogP contribution in [-0.4, -0.2) is 11.1 Å². The van der Waals surface area contributed by atoms with Gasteiger partial charge in [-0.25, -0.2) is 4.79 Å². The molecule has 1 rings (SSSR count). The Labute approximate surface area is 81.1 Å². The largest absolute Gasteiger partial charge is 0.478 e. The molecule has 1 aromatic carbocycles. The van der Waals surface area contributed by atoms with Gasteiger partial charge in [0.25, 0.3) is 0 Å². The molecule has 1 atom stereocenters. The minimum atomic E-state index is -0.988. The van der Waals surface area contributed by atoms with E-state index in [1.54, 1.807) is 13.0 Å². The van der Waals surface area contributed by atoms with Crippen molar-refractivity contribution in [1.29, 1.82) is 0 Å². The van der Waals surface area contributed by atoms with Crippen molar-refractivity contribution < 1.29 is 9.90 Å². The molecule has 0 amide bonds. The summed E-state index contributed by atoms with van der Waals surface area (Å²) in [6, 6.07) is 4.35. The zero-order valence-corrected chi connectivity index (χ0v) is 7.88. The number of carboxylic acid groups (broad SMARTS) is 1. The first-order chi connectivity index (χ1) is 6.02. The maximum Gasteiger partial charge on any atom is 0.335 e. The zero-order chi connectivity index (χ0) is 10.0. The van der Waals surface area contributed by atoms with Crippen LogP contribution in [0.2, 0.25) is 5.02 Å². The van der Waals surface area contributed by atoms with Gasteiger partial charge in [-0.3, -0.25) is 0 Å². The number of hydrogen-bond acceptors (Lipinski definition) is 2. The van der Waals surface area contributed by atoms with Crippen molar-refractivity contribution in [2.45, 2.75) is 13.0 Å². The lowest BCUT2D eigenvalue weighted by atomic mass is 10.1. The van der Waals surface area contributed by atoms with E-state index < -0.39 is 5.97 Å². The molecule has 0 unspecified atom stereocenters. The second-order valence-electron chi connectivity index (χ2n) is 2.83. The summed E-state index contributed by atoms with van der Waals surface area (Å²) in [5.41, 5.74) is 6.54. The van der Waals surface area contributed by atoms with Crippen molar-refractivity contribution in [3.05, 3.63) is 34.3 Å². The van der Waals surface area contributed by atoms with E-state index in [0.29, 0.717) is 5.02 Å². The van der Waals surface area contributed by atoms with Gasteiger partial charge in [-0.15, -0.1) is 0 Å². The van der Waals surface area contributed by atoms with Crippen LogP contribution in [0.15, 0.2) is 18.2 Å². The van der Waals surface area contributed by atoms with Crippen LogP contribution in [0.25, 0.3) is 0 Å². The van der Waals surface area contributed by atoms with E-state index in [1.165, 1.54) is 12.1 Å². The SMILES string of the molecule is C[C@@H](N)c1ccc(C(=O)O)cc1Cl. The normalized spacial score (nSPS) is 12.5. The fourth-order valence-corrected chi connectivity index (χ4v) is 1.38. The van der Waals surface area contributed by atoms with Gasteiger partial charge in [-0.2, -0.15) is 0 Å². The van der Waals surface area contributed by atoms with E-state index in [0.717, 1.165) is 5.56 Å². The van der Waals surface area contributed by atoms with Gasteiger partial charge in [0.2, 0.25) is 0 Å². The van der Waals surface area contributed by atoms with E-state index in [9.17, 15) is 4.79 Å². The smallest absolute Gasteiger partial charge is 0.335 e. The molecule has 13 heavy (non-hydrogen) atoms. The molecule has 3 nitrogen and oxygen atoms in total. The molecule has 3 N–H and O–H groups in total. The molecule has 70 valence electrons. The zero-order valence-electron chi connectivity index (χ0n) is 7.12. The summed E-state index contributed by atoms with van der Waals surface area (Å²) < 4.78 is 0. The molecule has 0 spiro atoms. The molecule has 0 saturated heterocycles. The summed E-state index contributed by atoms with van der Waals surface area (Å²) in [7, 11) is 0. The molecule has 0 aliphatic rings. The fourth-order valence-electron chi connectivity index (χ4n) is 1.03. The van der Waals surface area contributed by atoms with E-state index >= 15 is 0 Å². The first-order valence-corrected chi connectivity index (χ1v) is 4.18. The van der Waals surface area contributed by atoms with Crippen molar-refractivity contribution in [3.63, 3.8) is 0 Å². The lowest BCUT2D eigenvalue weighted by Gasteiger charge is -2.08. The Hall–Kier alpha value is -1.06. The second kappa shape index (κ2) is 3.77. The fraction of sp³-hybridized carbons (Fsp3) is 0.222. The Morgan fingerprint density at radius 1 is 1.62 bits per heavy atom. The summed E-state index contributed by atoms with van der Waals surface area (Å²) in [5.74, 6) is -0.988. The van der Waals surface area contributed by atoms with Crippen molar-refractivity contribution in [2.75, 3.05) is 0 Å². The first-order valence-electron chi connectivity index (χ1n) is 3.80. The molecule has 0 heterocycles. The molecular weight excluding hydrogens is 190 g/mol. The number of carbonyl (C=O) groups is 1. The number of halogens is 1. The lowest BCUT2D eigenvalue weighted by molar-refractivity contribution is 0.0697. The van der Waals surface area contributed by atoms with Crippen LogP contribution in [0.1, 0.15) is 28.9 Å². The molecule has 4 heteroatoms. The van der Waals surface area contributed by atoms with Crippen LogP contribution >= 0.6 is 11.6 Å². The Bertz CT molecular complexity index is 336. The highest BCUT2D eigenvalue weighted by molar-refractivity contribution is 6.31. The Morgan fingerprint density at radius 3 is 2.62 bits per heavy atom. The summed E-state index contributed by atoms with van der Waals surface area (Å²) in [6.07, 6.45) is 0. The van der Waals surface area contributed by atoms with Crippen LogP contribution in [0.4, 0.5) is 0 Å². The van der Waals surface area contributed by atoms with Gasteiger partial charge in [0, 0.05) is 11.1 Å². The Morgan fingerprint density at radius 2 is 2.23 bits per heavy atom. The predicted octanol–water partition coefficient (Wildman–Crippen LogP) is 2.06. The molecule has 0 radical (unpaired) electrons. The highest BCUT2D eigenvalue weighted by atomic mass is 35.5. The highest BCUT2D eigenvalue weighted by Gasteiger charge is 2.08. The van der Waals surface area contributed by atoms with Gasteiger partial charge in [0.15, 0.2) is 0 Å². The van der Waals surface area contributed by atoms with Gasteiger partial charge < -0.3 is 10.8 Å². The minimum absolute atomic E-state index is 0.175. The average molecular weight is 200 g/mol. The van der Waals surface area contributed by atoms with Crippen molar-refractivity contribution in [1.82, 2.24) is 0 Å². The van der Waals surface area contributed by atoms with Gasteiger partial charge in [0.05, 0.1) is 5.56 Å². The summed E-state index contributed by atoms with van der Waals surface area (Å²) in [5, 5.41) is 9.05. The number of carboxylic acids is 1. The third-order valence-corrected chi connectivity index (χ3v) is 2.07. The highest BCUT2D eigenvalue weighted by Crippen LogP contribution is 2.22. The molecule has 0 aromatic heterocycles. The minimum Gasteiger partial charge on any atom is -0.478 e. The molecular formula is C9H10ClNO2. The number of nitrogens with two attached hydrogens (primary N) is 1. The Balaban J connectivity index is 3.13. The van der Waals surface area contributed by atoms with Gasteiger partial charge >= 0.3 is 5.97 Å². The number of rotatable bonds is 2. The standard InChI is InChI=1S/C9H10ClNO2/c1-5(11)7-3-2-6(9(12)13)4-8(7)10/h2-5H,11H2,1H3,(H,12,13)/t5-/m1/s1. The summed E-state index contributed by atoms with van der Waals surface area (Å²) in [6.45, 7) is 1.79. The van der Waals surface area contributed by atoms with Crippen molar-refractivity contribution >= 4 is 17.6 Å². The van der Waals surface area contributed by atoms with Crippen LogP contribution in [0.5, 0.6) is 0 Å². The van der Waals surface area contributed by atoms with E-state index in [2.05, 4.69) is 0 Å². The summed E-state index contributed by atoms with van der Waals surface area (Å²) >= 11 is 5.83. The maximum atomic E-state index is 10.5. The van der Waals surface area contributed by atoms with Gasteiger partial charge in [-0.1, -0.05) is 17.7 Å². The van der Waals surface area contributed by atoms with Gasteiger partial charge in [-0.05, 0) is 24.6 Å². The topological polar surface area (TPSA) is 63.3 Å². The van der Waals surface area contributed by atoms with E-state index in [1.807, 2.05) is 0 Å². The Kier molecular flexibility index (Phi) is 2.90. The second-order valence-corrected chi connectivity index (χ2v) is 3.24. The van der Waals surface area contributed by atoms with Crippen LogP contribution in [0.3, 0.4) is 0 Å². The molecule has 0 aliphatic heterocycles. The van der Waals surface area contributed by atoms with Crippen molar-refractivity contribution in [2.24, 2.45) is 5.73 Å². The maximum absolute atomic E-state index is 10.5. The average Bonchev–Trinajstić information content (AvgIpc) is 2.03. The number of aromatic carboxylic acids is 1. The van der Waals surface area contributed by atoms with Crippen molar-refractivity contribution in [3.8, 4) is 0 Å². The quantitative estimate of drug-likeness (QED) is 0.767. The molecule has 0 fully saturated rings. The molecule has 1 aromatic rings.